The quantitative estimate of drug-likeness (QED) is 0.213. The smallest absolute Gasteiger partial charge is 0.238 e. The molecule has 8 aromatic rings. The molecule has 0 saturated heterocycles. The second-order valence-electron chi connectivity index (χ2n) is 11.2. The maximum Gasteiger partial charge on any atom is 0.238 e. The fraction of sp³-hybridized carbons (Fsp3) is 0.0513. The predicted octanol–water partition coefficient (Wildman–Crippen LogP) is 9.80. The monoisotopic (exact) mass is 566 g/mol. The van der Waals surface area contributed by atoms with Crippen LogP contribution in [0.25, 0.3) is 72.2 Å². The van der Waals surface area contributed by atoms with Gasteiger partial charge in [0.25, 0.3) is 0 Å². The number of fused-ring (bicyclic) bond motifs is 6. The number of aromatic nitrogens is 4. The second kappa shape index (κ2) is 9.89. The van der Waals surface area contributed by atoms with Crippen molar-refractivity contribution in [2.75, 3.05) is 0 Å². The number of hydrogen-bond acceptors (Lipinski definition) is 4. The maximum atomic E-state index is 6.11. The van der Waals surface area contributed by atoms with Crippen molar-refractivity contribution in [3.8, 4) is 28.5 Å². The Bertz CT molecular complexity index is 2430. The van der Waals surface area contributed by atoms with E-state index in [2.05, 4.69) is 108 Å². The summed E-state index contributed by atoms with van der Waals surface area (Å²) in [6, 6.07) is 40.0. The van der Waals surface area contributed by atoms with Gasteiger partial charge in [0.2, 0.25) is 5.95 Å². The average Bonchev–Trinajstić information content (AvgIpc) is 3.64. The van der Waals surface area contributed by atoms with Crippen molar-refractivity contribution in [3.05, 3.63) is 145 Å². The molecule has 0 saturated carbocycles. The predicted molar refractivity (Wildman–Crippen MR) is 178 cm³/mol. The minimum atomic E-state index is 0.0620. The standard InChI is InChI=1S/C39H26N4O/c1-3-11-25(12-4-1)27-19-21-30-29-15-7-9-17-33(29)43(34(30)24-27)39-41-37(26-13-5-2-6-14-26)40-38(42-39)28-20-22-36-32(23-28)31-16-8-10-18-35(31)44-36/h1-13,15-24,26H,14H2. The topological polar surface area (TPSA) is 56.7 Å². The molecule has 3 aromatic heterocycles. The molecule has 9 rings (SSSR count). The molecule has 0 aliphatic heterocycles. The van der Waals surface area contributed by atoms with Crippen LogP contribution < -0.4 is 0 Å². The highest BCUT2D eigenvalue weighted by molar-refractivity contribution is 6.10. The SMILES string of the molecule is C1=CCC(c2nc(-c3ccc4oc5ccccc5c4c3)nc(-n3c4ccccc4c4ccc(-c5ccccc5)cc43)n2)C=C1. The molecule has 0 amide bonds. The van der Waals surface area contributed by atoms with E-state index in [-0.39, 0.29) is 5.92 Å². The Morgan fingerprint density at radius 1 is 0.568 bits per heavy atom. The molecule has 0 bridgehead atoms. The largest absolute Gasteiger partial charge is 0.456 e. The van der Waals surface area contributed by atoms with Crippen LogP contribution in [-0.2, 0) is 0 Å². The van der Waals surface area contributed by atoms with Gasteiger partial charge in [-0.1, -0.05) is 103 Å². The lowest BCUT2D eigenvalue weighted by atomic mass is 10.00. The Hall–Kier alpha value is -5.81. The Balaban J connectivity index is 1.31. The molecule has 0 radical (unpaired) electrons. The molecule has 1 atom stereocenters. The average molecular weight is 567 g/mol. The zero-order valence-corrected chi connectivity index (χ0v) is 23.8. The van der Waals surface area contributed by atoms with Gasteiger partial charge < -0.3 is 4.42 Å². The molecule has 1 unspecified atom stereocenters. The van der Waals surface area contributed by atoms with Gasteiger partial charge >= 0.3 is 0 Å². The fourth-order valence-electron chi connectivity index (χ4n) is 6.41. The Morgan fingerprint density at radius 3 is 2.23 bits per heavy atom. The molecule has 208 valence electrons. The van der Waals surface area contributed by atoms with Gasteiger partial charge in [-0.2, -0.15) is 9.97 Å². The summed E-state index contributed by atoms with van der Waals surface area (Å²) in [5.41, 5.74) is 7.08. The van der Waals surface area contributed by atoms with Gasteiger partial charge in [0.05, 0.1) is 11.0 Å². The number of para-hydroxylation sites is 2. The zero-order valence-electron chi connectivity index (χ0n) is 23.8. The van der Waals surface area contributed by atoms with Crippen LogP contribution in [0.5, 0.6) is 0 Å². The van der Waals surface area contributed by atoms with E-state index in [1.807, 2.05) is 36.4 Å². The van der Waals surface area contributed by atoms with E-state index in [9.17, 15) is 0 Å². The lowest BCUT2D eigenvalue weighted by Crippen LogP contribution is -2.11. The van der Waals surface area contributed by atoms with Crippen molar-refractivity contribution < 1.29 is 4.42 Å². The van der Waals surface area contributed by atoms with Crippen molar-refractivity contribution in [2.45, 2.75) is 12.3 Å². The maximum absolute atomic E-state index is 6.11. The van der Waals surface area contributed by atoms with Gasteiger partial charge in [0.15, 0.2) is 5.82 Å². The van der Waals surface area contributed by atoms with E-state index in [4.69, 9.17) is 19.4 Å². The van der Waals surface area contributed by atoms with Crippen molar-refractivity contribution in [1.82, 2.24) is 19.5 Å². The summed E-state index contributed by atoms with van der Waals surface area (Å²) in [4.78, 5) is 15.4. The molecule has 5 heteroatoms. The molecular formula is C39H26N4O. The number of nitrogens with zero attached hydrogens (tertiary/aromatic N) is 4. The summed E-state index contributed by atoms with van der Waals surface area (Å²) < 4.78 is 8.31. The van der Waals surface area contributed by atoms with Crippen LogP contribution in [-0.4, -0.2) is 19.5 Å². The highest BCUT2D eigenvalue weighted by Gasteiger charge is 2.21. The van der Waals surface area contributed by atoms with Crippen LogP contribution in [0, 0.1) is 0 Å². The summed E-state index contributed by atoms with van der Waals surface area (Å²) in [7, 11) is 0. The summed E-state index contributed by atoms with van der Waals surface area (Å²) in [5, 5.41) is 4.45. The highest BCUT2D eigenvalue weighted by Crippen LogP contribution is 2.36. The lowest BCUT2D eigenvalue weighted by molar-refractivity contribution is 0.669. The molecule has 0 fully saturated rings. The van der Waals surface area contributed by atoms with Gasteiger partial charge in [-0.25, -0.2) is 4.98 Å². The first kappa shape index (κ1) is 24.8. The van der Waals surface area contributed by atoms with Crippen molar-refractivity contribution >= 4 is 43.7 Å². The number of hydrogen-bond donors (Lipinski definition) is 0. The first-order valence-electron chi connectivity index (χ1n) is 14.9. The van der Waals surface area contributed by atoms with Crippen molar-refractivity contribution in [1.29, 1.82) is 0 Å². The Morgan fingerprint density at radius 2 is 1.34 bits per heavy atom. The van der Waals surface area contributed by atoms with Crippen molar-refractivity contribution in [2.24, 2.45) is 0 Å². The Labute approximate surface area is 253 Å². The minimum absolute atomic E-state index is 0.0620. The highest BCUT2D eigenvalue weighted by atomic mass is 16.3. The molecule has 44 heavy (non-hydrogen) atoms. The zero-order chi connectivity index (χ0) is 29.0. The number of allylic oxidation sites excluding steroid dienone is 4. The minimum Gasteiger partial charge on any atom is -0.456 e. The molecule has 1 aliphatic rings. The van der Waals surface area contributed by atoms with E-state index in [1.54, 1.807) is 0 Å². The van der Waals surface area contributed by atoms with Crippen molar-refractivity contribution in [3.63, 3.8) is 0 Å². The first-order chi connectivity index (χ1) is 21.8. The van der Waals surface area contributed by atoms with Gasteiger partial charge in [-0.3, -0.25) is 4.57 Å². The molecule has 0 N–H and O–H groups in total. The van der Waals surface area contributed by atoms with Crippen LogP contribution in [0.1, 0.15) is 18.2 Å². The molecule has 5 aromatic carbocycles. The van der Waals surface area contributed by atoms with Gasteiger partial charge in [0.1, 0.15) is 17.0 Å². The van der Waals surface area contributed by atoms with Gasteiger partial charge in [-0.15, -0.1) is 0 Å². The van der Waals surface area contributed by atoms with Crippen LogP contribution in [0.4, 0.5) is 0 Å². The molecular weight excluding hydrogens is 540 g/mol. The number of rotatable bonds is 4. The van der Waals surface area contributed by atoms with E-state index < -0.39 is 0 Å². The second-order valence-corrected chi connectivity index (χ2v) is 11.2. The third-order valence-electron chi connectivity index (χ3n) is 8.57. The molecule has 0 spiro atoms. The normalized spacial score (nSPS) is 14.8. The fourth-order valence-corrected chi connectivity index (χ4v) is 6.41. The number of furan rings is 1. The first-order valence-corrected chi connectivity index (χ1v) is 14.9. The third-order valence-corrected chi connectivity index (χ3v) is 8.57. The molecule has 3 heterocycles. The van der Waals surface area contributed by atoms with Crippen LogP contribution in [0.3, 0.4) is 0 Å². The third kappa shape index (κ3) is 3.97. The Kier molecular flexibility index (Phi) is 5.56. The van der Waals surface area contributed by atoms with E-state index in [1.165, 1.54) is 5.56 Å². The lowest BCUT2D eigenvalue weighted by Gasteiger charge is -2.15. The van der Waals surface area contributed by atoms with Crippen LogP contribution in [0.15, 0.2) is 144 Å². The van der Waals surface area contributed by atoms with E-state index >= 15 is 0 Å². The molecule has 1 aliphatic carbocycles. The van der Waals surface area contributed by atoms with Crippen LogP contribution in [0.2, 0.25) is 0 Å². The number of benzene rings is 5. The summed E-state index contributed by atoms with van der Waals surface area (Å²) >= 11 is 0. The van der Waals surface area contributed by atoms with Crippen LogP contribution >= 0.6 is 0 Å². The van der Waals surface area contributed by atoms with Gasteiger partial charge in [-0.05, 0) is 53.9 Å². The summed E-state index contributed by atoms with van der Waals surface area (Å²) in [6.45, 7) is 0. The summed E-state index contributed by atoms with van der Waals surface area (Å²) in [5.74, 6) is 2.08. The van der Waals surface area contributed by atoms with Gasteiger partial charge in [0, 0.05) is 33.0 Å². The van der Waals surface area contributed by atoms with E-state index in [0.29, 0.717) is 11.8 Å². The van der Waals surface area contributed by atoms with E-state index in [0.717, 1.165) is 67.1 Å². The summed E-state index contributed by atoms with van der Waals surface area (Å²) in [6.07, 6.45) is 9.35. The molecule has 5 nitrogen and oxygen atoms in total.